The first-order valence-corrected chi connectivity index (χ1v) is 13.5. The molecule has 0 unspecified atom stereocenters. The normalized spacial score (nSPS) is 20.3. The maximum atomic E-state index is 14.6. The van der Waals surface area contributed by atoms with Gasteiger partial charge in [0, 0.05) is 22.2 Å². The predicted molar refractivity (Wildman–Crippen MR) is 154 cm³/mol. The van der Waals surface area contributed by atoms with Crippen molar-refractivity contribution in [2.24, 2.45) is 11.7 Å². The van der Waals surface area contributed by atoms with Crippen LogP contribution in [0.4, 0.5) is 10.1 Å². The molecule has 10 heteroatoms. The molecule has 3 aromatic rings. The second-order valence-corrected chi connectivity index (χ2v) is 10.3. The number of carbonyl (C=O) groups excluding carboxylic acids is 3. The van der Waals surface area contributed by atoms with Gasteiger partial charge >= 0.3 is 11.9 Å². The second-order valence-electron chi connectivity index (χ2n) is 9.90. The average molecular weight is 591 g/mol. The lowest BCUT2D eigenvalue weighted by Gasteiger charge is -2.44. The lowest BCUT2D eigenvalue weighted by Crippen LogP contribution is -2.46. The van der Waals surface area contributed by atoms with E-state index in [2.05, 4.69) is 0 Å². The first kappa shape index (κ1) is 28.9. The molecule has 0 aromatic heterocycles. The Morgan fingerprint density at radius 3 is 2.29 bits per heavy atom. The van der Waals surface area contributed by atoms with Crippen molar-refractivity contribution in [2.45, 2.75) is 18.3 Å². The molecule has 8 nitrogen and oxygen atoms in total. The zero-order valence-corrected chi connectivity index (χ0v) is 23.9. The van der Waals surface area contributed by atoms with E-state index in [-0.39, 0.29) is 23.4 Å². The van der Waals surface area contributed by atoms with Crippen LogP contribution >= 0.6 is 11.6 Å². The summed E-state index contributed by atoms with van der Waals surface area (Å²) in [7, 11) is 3.96. The molecule has 0 fully saturated rings. The first-order valence-electron chi connectivity index (χ1n) is 13.1. The molecule has 5 rings (SSSR count). The average Bonchev–Trinajstić information content (AvgIpc) is 2.99. The minimum absolute atomic E-state index is 0.0334. The maximum Gasteiger partial charge on any atom is 0.338 e. The number of carbonyl (C=O) groups is 3. The van der Waals surface area contributed by atoms with Gasteiger partial charge in [0.15, 0.2) is 5.78 Å². The highest BCUT2D eigenvalue weighted by atomic mass is 35.5. The number of allylic oxidation sites excluding steroid dienone is 2. The predicted octanol–water partition coefficient (Wildman–Crippen LogP) is 5.23. The highest BCUT2D eigenvalue weighted by Crippen LogP contribution is 2.51. The van der Waals surface area contributed by atoms with Crippen LogP contribution < -0.4 is 15.4 Å². The van der Waals surface area contributed by atoms with Crippen molar-refractivity contribution in [1.82, 2.24) is 0 Å². The van der Waals surface area contributed by atoms with E-state index in [1.54, 1.807) is 54.6 Å². The van der Waals surface area contributed by atoms with Gasteiger partial charge < -0.3 is 19.9 Å². The van der Waals surface area contributed by atoms with Gasteiger partial charge in [0.1, 0.15) is 23.3 Å². The van der Waals surface area contributed by atoms with Crippen LogP contribution in [0.3, 0.4) is 0 Å². The molecular formula is C32H28ClFN2O6. The van der Waals surface area contributed by atoms with E-state index in [0.29, 0.717) is 33.3 Å². The summed E-state index contributed by atoms with van der Waals surface area (Å²) in [5, 5.41) is 0.369. The van der Waals surface area contributed by atoms with E-state index >= 15 is 0 Å². The second kappa shape index (κ2) is 11.7. The molecule has 2 N–H and O–H groups in total. The molecule has 0 spiro atoms. The Balaban J connectivity index is 1.82. The summed E-state index contributed by atoms with van der Waals surface area (Å²) >= 11 is 6.34. The van der Waals surface area contributed by atoms with Crippen molar-refractivity contribution in [3.05, 3.63) is 117 Å². The monoisotopic (exact) mass is 590 g/mol. The van der Waals surface area contributed by atoms with Crippen molar-refractivity contribution in [3.8, 4) is 5.75 Å². The van der Waals surface area contributed by atoms with Crippen LogP contribution in [0.15, 0.2) is 95.5 Å². The molecule has 2 aliphatic rings. The molecule has 42 heavy (non-hydrogen) atoms. The summed E-state index contributed by atoms with van der Waals surface area (Å²) in [6.07, 6.45) is 0.135. The largest absolute Gasteiger partial charge is 0.497 e. The molecule has 0 bridgehead atoms. The molecule has 1 aliphatic heterocycles. The summed E-state index contributed by atoms with van der Waals surface area (Å²) in [6.45, 7) is 0. The van der Waals surface area contributed by atoms with Gasteiger partial charge in [-0.1, -0.05) is 41.9 Å². The molecule has 0 amide bonds. The standard InChI is InChI=1S/C32H28ClFN2O6/c1-40-22-12-10-17(11-13-22)23-16-24-27(29(37)26(23)31(38)41-2)25(18-6-4-7-19(33)14-18)28(32(39)42-3)30(35)36(24)21-9-5-8-20(34)15-21/h4-15,23,25-26H,16,35H2,1-3H3/t23-,25+,26+/m0/s1. The summed E-state index contributed by atoms with van der Waals surface area (Å²) < 4.78 is 30.1. The highest BCUT2D eigenvalue weighted by Gasteiger charge is 2.51. The molecule has 1 aliphatic carbocycles. The number of hydrogen-bond acceptors (Lipinski definition) is 8. The lowest BCUT2D eigenvalue weighted by atomic mass is 9.67. The van der Waals surface area contributed by atoms with E-state index < -0.39 is 41.3 Å². The number of nitrogens with two attached hydrogens (primary N) is 1. The fourth-order valence-electron chi connectivity index (χ4n) is 5.83. The van der Waals surface area contributed by atoms with Crippen LogP contribution in [0.5, 0.6) is 5.75 Å². The number of ketones is 1. The third-order valence-corrected chi connectivity index (χ3v) is 7.93. The SMILES string of the molecule is COC(=O)C1=C(N)N(c2cccc(F)c2)C2=C(C(=O)[C@H](C(=O)OC)[C@H](c3ccc(OC)cc3)C2)[C@H]1c1cccc(Cl)c1. The van der Waals surface area contributed by atoms with Crippen LogP contribution in [0, 0.1) is 11.7 Å². The number of methoxy groups -OCH3 is 3. The summed E-state index contributed by atoms with van der Waals surface area (Å²) in [6, 6.07) is 19.4. The number of nitrogens with zero attached hydrogens (tertiary/aromatic N) is 1. The fourth-order valence-corrected chi connectivity index (χ4v) is 6.03. The van der Waals surface area contributed by atoms with Crippen molar-refractivity contribution in [2.75, 3.05) is 26.2 Å². The van der Waals surface area contributed by atoms with E-state index in [9.17, 15) is 18.8 Å². The van der Waals surface area contributed by atoms with Crippen LogP contribution in [-0.2, 0) is 23.9 Å². The van der Waals surface area contributed by atoms with Crippen molar-refractivity contribution >= 4 is 35.0 Å². The topological polar surface area (TPSA) is 108 Å². The number of anilines is 1. The lowest BCUT2D eigenvalue weighted by molar-refractivity contribution is -0.150. The van der Waals surface area contributed by atoms with Crippen molar-refractivity contribution < 1.29 is 33.0 Å². The number of halogens is 2. The van der Waals surface area contributed by atoms with E-state index in [4.69, 9.17) is 31.5 Å². The smallest absolute Gasteiger partial charge is 0.338 e. The zero-order valence-electron chi connectivity index (χ0n) is 23.1. The van der Waals surface area contributed by atoms with Gasteiger partial charge in [0.25, 0.3) is 0 Å². The van der Waals surface area contributed by atoms with E-state index in [1.807, 2.05) is 0 Å². The Morgan fingerprint density at radius 2 is 1.67 bits per heavy atom. The molecule has 216 valence electrons. The maximum absolute atomic E-state index is 14.6. The van der Waals surface area contributed by atoms with Crippen LogP contribution in [0.25, 0.3) is 0 Å². The third kappa shape index (κ3) is 5.00. The molecule has 3 aromatic carbocycles. The molecule has 0 saturated carbocycles. The minimum Gasteiger partial charge on any atom is -0.497 e. The van der Waals surface area contributed by atoms with Gasteiger partial charge in [0.2, 0.25) is 0 Å². The Morgan fingerprint density at radius 1 is 0.952 bits per heavy atom. The number of esters is 2. The van der Waals surface area contributed by atoms with E-state index in [0.717, 1.165) is 0 Å². The number of hydrogen-bond donors (Lipinski definition) is 1. The van der Waals surface area contributed by atoms with Gasteiger partial charge in [-0.05, 0) is 60.0 Å². The van der Waals surface area contributed by atoms with Crippen molar-refractivity contribution in [3.63, 3.8) is 0 Å². The summed E-state index contributed by atoms with van der Waals surface area (Å²) in [5.41, 5.74) is 8.75. The minimum atomic E-state index is -1.24. The van der Waals surface area contributed by atoms with Gasteiger partial charge in [-0.3, -0.25) is 14.5 Å². The molecule has 3 atom stereocenters. The van der Waals surface area contributed by atoms with E-state index in [1.165, 1.54) is 44.4 Å². The number of benzene rings is 3. The highest BCUT2D eigenvalue weighted by molar-refractivity contribution is 6.30. The Labute approximate surface area is 247 Å². The molecule has 0 radical (unpaired) electrons. The number of Topliss-reactive ketones (excluding diaryl/α,β-unsaturated/α-hetero) is 1. The van der Waals surface area contributed by atoms with Gasteiger partial charge in [-0.2, -0.15) is 0 Å². The van der Waals surface area contributed by atoms with Crippen LogP contribution in [0.1, 0.15) is 29.4 Å². The quantitative estimate of drug-likeness (QED) is 0.307. The van der Waals surface area contributed by atoms with Crippen LogP contribution in [0.2, 0.25) is 5.02 Å². The first-order chi connectivity index (χ1) is 20.2. The Bertz CT molecular complexity index is 1630. The molecular weight excluding hydrogens is 563 g/mol. The molecule has 1 heterocycles. The third-order valence-electron chi connectivity index (χ3n) is 7.69. The van der Waals surface area contributed by atoms with Gasteiger partial charge in [-0.15, -0.1) is 0 Å². The number of rotatable bonds is 6. The summed E-state index contributed by atoms with van der Waals surface area (Å²) in [4.78, 5) is 42.7. The fraction of sp³-hybridized carbons (Fsp3) is 0.219. The molecule has 0 saturated heterocycles. The van der Waals surface area contributed by atoms with Crippen LogP contribution in [-0.4, -0.2) is 39.1 Å². The summed E-state index contributed by atoms with van der Waals surface area (Å²) in [5.74, 6) is -4.97. The number of ether oxygens (including phenoxy) is 3. The van der Waals surface area contributed by atoms with Gasteiger partial charge in [0.05, 0.1) is 38.5 Å². The van der Waals surface area contributed by atoms with Crippen molar-refractivity contribution in [1.29, 1.82) is 0 Å². The Hall–Kier alpha value is -4.63. The Kier molecular flexibility index (Phi) is 8.04. The zero-order chi connectivity index (χ0) is 30.1. The van der Waals surface area contributed by atoms with Gasteiger partial charge in [-0.25, -0.2) is 9.18 Å².